The van der Waals surface area contributed by atoms with Gasteiger partial charge in [0.05, 0.1) is 29.0 Å². The van der Waals surface area contributed by atoms with Crippen molar-refractivity contribution in [2.24, 2.45) is 4.99 Å². The number of nitrogens with zero attached hydrogens (tertiary/aromatic N) is 3. The summed E-state index contributed by atoms with van der Waals surface area (Å²) < 4.78 is 14.6. The van der Waals surface area contributed by atoms with Gasteiger partial charge in [-0.15, -0.1) is 35.3 Å². The fraction of sp³-hybridized carbons (Fsp3) is 0.524. The van der Waals surface area contributed by atoms with Gasteiger partial charge in [-0.3, -0.25) is 0 Å². The van der Waals surface area contributed by atoms with Gasteiger partial charge in [0.25, 0.3) is 0 Å². The lowest BCUT2D eigenvalue weighted by molar-refractivity contribution is 0.145. The van der Waals surface area contributed by atoms with Crippen molar-refractivity contribution in [3.05, 3.63) is 45.7 Å². The smallest absolute Gasteiger partial charge is 0.191 e. The maximum absolute atomic E-state index is 14.6. The number of aromatic nitrogens is 1. The van der Waals surface area contributed by atoms with E-state index in [1.54, 1.807) is 17.4 Å². The minimum absolute atomic E-state index is 0. The van der Waals surface area contributed by atoms with E-state index in [0.29, 0.717) is 44.1 Å². The number of aliphatic imine (C=N–C) groups is 1. The average Bonchev–Trinajstić information content (AvgIpc) is 3.12. The van der Waals surface area contributed by atoms with Crippen LogP contribution < -0.4 is 15.5 Å². The number of benzene rings is 1. The van der Waals surface area contributed by atoms with Crippen LogP contribution in [0.3, 0.4) is 0 Å². The number of aliphatic hydroxyl groups excluding tert-OH is 1. The van der Waals surface area contributed by atoms with Crippen molar-refractivity contribution < 1.29 is 9.50 Å². The molecule has 0 radical (unpaired) electrons. The van der Waals surface area contributed by atoms with Gasteiger partial charge in [0.15, 0.2) is 5.96 Å². The summed E-state index contributed by atoms with van der Waals surface area (Å²) in [6.07, 6.45) is 1.94. The first-order chi connectivity index (χ1) is 14.0. The van der Waals surface area contributed by atoms with Gasteiger partial charge in [0, 0.05) is 38.0 Å². The maximum atomic E-state index is 14.6. The van der Waals surface area contributed by atoms with Gasteiger partial charge in [-0.25, -0.2) is 14.4 Å². The largest absolute Gasteiger partial charge is 0.393 e. The van der Waals surface area contributed by atoms with E-state index in [9.17, 15) is 9.50 Å². The van der Waals surface area contributed by atoms with Crippen molar-refractivity contribution in [3.8, 4) is 0 Å². The summed E-state index contributed by atoms with van der Waals surface area (Å²) >= 11 is 1.66. The predicted molar refractivity (Wildman–Crippen MR) is 133 cm³/mol. The Morgan fingerprint density at radius 1 is 1.33 bits per heavy atom. The Labute approximate surface area is 199 Å². The van der Waals surface area contributed by atoms with Crippen LogP contribution in [0.5, 0.6) is 0 Å². The molecule has 3 N–H and O–H groups in total. The van der Waals surface area contributed by atoms with Crippen LogP contribution in [0.1, 0.15) is 36.0 Å². The highest BCUT2D eigenvalue weighted by Gasteiger charge is 2.19. The summed E-state index contributed by atoms with van der Waals surface area (Å²) in [6.45, 7) is 7.29. The van der Waals surface area contributed by atoms with Crippen molar-refractivity contribution in [2.45, 2.75) is 45.8 Å². The molecular weight excluding hydrogens is 516 g/mol. The number of hydrogen-bond acceptors (Lipinski definition) is 5. The number of halogens is 2. The fourth-order valence-corrected chi connectivity index (χ4v) is 4.00. The second-order valence-electron chi connectivity index (χ2n) is 7.23. The van der Waals surface area contributed by atoms with Gasteiger partial charge in [-0.2, -0.15) is 0 Å². The molecule has 3 rings (SSSR count). The second-order valence-corrected chi connectivity index (χ2v) is 8.30. The Hall–Kier alpha value is -1.46. The van der Waals surface area contributed by atoms with Crippen LogP contribution in [0.15, 0.2) is 28.6 Å². The highest BCUT2D eigenvalue weighted by molar-refractivity contribution is 14.0. The van der Waals surface area contributed by atoms with E-state index in [1.165, 1.54) is 0 Å². The number of aliphatic hydroxyl groups is 1. The molecule has 9 heteroatoms. The molecule has 1 aromatic carbocycles. The van der Waals surface area contributed by atoms with E-state index in [4.69, 9.17) is 0 Å². The molecule has 0 saturated carbocycles. The van der Waals surface area contributed by atoms with Crippen LogP contribution in [0.2, 0.25) is 0 Å². The molecule has 1 saturated heterocycles. The number of hydrogen-bond donors (Lipinski definition) is 3. The van der Waals surface area contributed by atoms with Crippen LogP contribution in [0, 0.1) is 12.7 Å². The molecule has 6 nitrogen and oxygen atoms in total. The lowest BCUT2D eigenvalue weighted by atomic mass is 10.1. The SMILES string of the molecule is CCNC(=NCc1ccc(N2CCC(O)CC2)c(F)c1)NCCc1csc(C)n1.I. The second kappa shape index (κ2) is 12.4. The van der Waals surface area contributed by atoms with Crippen LogP contribution in [0.4, 0.5) is 10.1 Å². The van der Waals surface area contributed by atoms with Gasteiger partial charge in [-0.1, -0.05) is 6.07 Å². The molecule has 1 aliphatic rings. The summed E-state index contributed by atoms with van der Waals surface area (Å²) in [5, 5.41) is 19.3. The molecule has 0 unspecified atom stereocenters. The number of thiazole rings is 1. The third kappa shape index (κ3) is 7.35. The van der Waals surface area contributed by atoms with Crippen LogP contribution >= 0.6 is 35.3 Å². The monoisotopic (exact) mass is 547 g/mol. The number of guanidine groups is 1. The molecular formula is C21H31FIN5OS. The number of aryl methyl sites for hydroxylation is 1. The first kappa shape index (κ1) is 24.8. The van der Waals surface area contributed by atoms with Gasteiger partial charge < -0.3 is 20.6 Å². The first-order valence-electron chi connectivity index (χ1n) is 10.2. The maximum Gasteiger partial charge on any atom is 0.191 e. The number of anilines is 1. The third-order valence-electron chi connectivity index (χ3n) is 4.92. The van der Waals surface area contributed by atoms with Crippen molar-refractivity contribution >= 4 is 47.0 Å². The molecule has 30 heavy (non-hydrogen) atoms. The van der Waals surface area contributed by atoms with E-state index in [1.807, 2.05) is 30.9 Å². The molecule has 2 heterocycles. The molecule has 0 aliphatic carbocycles. The Kier molecular flexibility index (Phi) is 10.3. The topological polar surface area (TPSA) is 72.8 Å². The highest BCUT2D eigenvalue weighted by atomic mass is 127. The number of piperidine rings is 1. The molecule has 1 fully saturated rings. The lowest BCUT2D eigenvalue weighted by Gasteiger charge is -2.31. The molecule has 0 spiro atoms. The minimum atomic E-state index is -0.264. The molecule has 166 valence electrons. The van der Waals surface area contributed by atoms with Gasteiger partial charge in [-0.05, 0) is 44.4 Å². The molecule has 2 aromatic rings. The average molecular weight is 547 g/mol. The summed E-state index contributed by atoms with van der Waals surface area (Å²) in [5.41, 5.74) is 2.52. The van der Waals surface area contributed by atoms with Crippen molar-refractivity contribution in [1.29, 1.82) is 0 Å². The summed E-state index contributed by atoms with van der Waals surface area (Å²) in [7, 11) is 0. The Balaban J connectivity index is 0.00000320. The summed E-state index contributed by atoms with van der Waals surface area (Å²) in [5.74, 6) is 0.486. The zero-order chi connectivity index (χ0) is 20.6. The molecule has 1 aromatic heterocycles. The van der Waals surface area contributed by atoms with Crippen molar-refractivity contribution in [1.82, 2.24) is 15.6 Å². The highest BCUT2D eigenvalue weighted by Crippen LogP contribution is 2.24. The normalized spacial score (nSPS) is 15.1. The van der Waals surface area contributed by atoms with Crippen molar-refractivity contribution in [2.75, 3.05) is 31.1 Å². The van der Waals surface area contributed by atoms with Crippen LogP contribution in [-0.4, -0.2) is 48.3 Å². The third-order valence-corrected chi connectivity index (χ3v) is 5.74. The number of rotatable bonds is 7. The Morgan fingerprint density at radius 3 is 2.73 bits per heavy atom. The van der Waals surface area contributed by atoms with E-state index < -0.39 is 0 Å². The zero-order valence-corrected chi connectivity index (χ0v) is 20.7. The first-order valence-corrected chi connectivity index (χ1v) is 11.1. The van der Waals surface area contributed by atoms with Gasteiger partial charge in [0.1, 0.15) is 5.82 Å². The summed E-state index contributed by atoms with van der Waals surface area (Å²) in [6, 6.07) is 5.31. The lowest BCUT2D eigenvalue weighted by Crippen LogP contribution is -2.38. The molecule has 0 amide bonds. The van der Waals surface area contributed by atoms with Crippen molar-refractivity contribution in [3.63, 3.8) is 0 Å². The van der Waals surface area contributed by atoms with Gasteiger partial charge in [0.2, 0.25) is 0 Å². The van der Waals surface area contributed by atoms with Crippen LogP contribution in [0.25, 0.3) is 0 Å². The quantitative estimate of drug-likeness (QED) is 0.282. The minimum Gasteiger partial charge on any atom is -0.393 e. The van der Waals surface area contributed by atoms with E-state index in [2.05, 4.69) is 26.0 Å². The predicted octanol–water partition coefficient (Wildman–Crippen LogP) is 3.47. The standard InChI is InChI=1S/C21H30FN5OS.HI/c1-3-23-21(24-9-6-17-14-29-15(2)26-17)25-13-16-4-5-20(19(22)12-16)27-10-7-18(28)8-11-27;/h4-5,12,14,18,28H,3,6-11,13H2,1-2H3,(H2,23,24,25);1H. The van der Waals surface area contributed by atoms with Gasteiger partial charge >= 0.3 is 0 Å². The Morgan fingerprint density at radius 2 is 2.10 bits per heavy atom. The molecule has 1 aliphatic heterocycles. The summed E-state index contributed by atoms with van der Waals surface area (Å²) in [4.78, 5) is 11.0. The Bertz CT molecular complexity index is 823. The van der Waals surface area contributed by atoms with Crippen LogP contribution in [-0.2, 0) is 13.0 Å². The fourth-order valence-electron chi connectivity index (χ4n) is 3.36. The molecule has 0 bridgehead atoms. The van der Waals surface area contributed by atoms with E-state index in [0.717, 1.165) is 35.8 Å². The van der Waals surface area contributed by atoms with E-state index in [-0.39, 0.29) is 35.9 Å². The zero-order valence-electron chi connectivity index (χ0n) is 17.5. The number of nitrogens with one attached hydrogen (secondary N) is 2. The molecule has 0 atom stereocenters. The van der Waals surface area contributed by atoms with E-state index >= 15 is 0 Å².